The van der Waals surface area contributed by atoms with Crippen molar-refractivity contribution >= 4 is 5.91 Å². The number of fused-ring (bicyclic) bond motifs is 6. The normalized spacial score (nSPS) is 50.4. The summed E-state index contributed by atoms with van der Waals surface area (Å²) < 4.78 is 7.44. The van der Waals surface area contributed by atoms with Gasteiger partial charge in [-0.05, 0) is 111 Å². The Hall–Kier alpha value is -1.69. The average molecular weight is 585 g/mol. The van der Waals surface area contributed by atoms with Gasteiger partial charge in [-0.3, -0.25) is 9.69 Å². The van der Waals surface area contributed by atoms with E-state index in [0.29, 0.717) is 46.6 Å². The predicted molar refractivity (Wildman–Crippen MR) is 167 cm³/mol. The highest BCUT2D eigenvalue weighted by Gasteiger charge is 2.91. The Kier molecular flexibility index (Phi) is 6.05. The Balaban J connectivity index is 0.890. The Morgan fingerprint density at radius 2 is 1.98 bits per heavy atom. The number of nitrogens with one attached hydrogen (secondary N) is 1. The molecule has 5 heteroatoms. The van der Waals surface area contributed by atoms with Gasteiger partial charge < -0.3 is 15.2 Å². The average Bonchev–Trinajstić information content (AvgIpc) is 3.48. The second kappa shape index (κ2) is 9.42. The van der Waals surface area contributed by atoms with E-state index < -0.39 is 0 Å². The number of amides is 1. The van der Waals surface area contributed by atoms with Crippen LogP contribution in [-0.4, -0.2) is 59.4 Å². The lowest BCUT2D eigenvalue weighted by Gasteiger charge is -2.60. The second-order valence-electron chi connectivity index (χ2n) is 16.8. The summed E-state index contributed by atoms with van der Waals surface area (Å²) in [6, 6.07) is 10.9. The van der Waals surface area contributed by atoms with Crippen LogP contribution in [0.3, 0.4) is 0 Å². The quantitative estimate of drug-likeness (QED) is 0.409. The summed E-state index contributed by atoms with van der Waals surface area (Å²) in [6.07, 6.45) is 16.6. The Morgan fingerprint density at radius 1 is 1.12 bits per heavy atom. The van der Waals surface area contributed by atoms with Crippen molar-refractivity contribution in [3.05, 3.63) is 47.5 Å². The monoisotopic (exact) mass is 584 g/mol. The zero-order valence-electron chi connectivity index (χ0n) is 26.4. The first-order chi connectivity index (χ1) is 20.8. The molecule has 5 nitrogen and oxygen atoms in total. The third-order valence-electron chi connectivity index (χ3n) is 15.2. The maximum Gasteiger partial charge on any atom is 0.220 e. The van der Waals surface area contributed by atoms with E-state index in [1.807, 2.05) is 18.2 Å². The fourth-order valence-corrected chi connectivity index (χ4v) is 13.5. The van der Waals surface area contributed by atoms with Crippen LogP contribution in [0.4, 0.5) is 0 Å². The van der Waals surface area contributed by atoms with Crippen molar-refractivity contribution in [3.63, 3.8) is 0 Å². The molecule has 5 saturated carbocycles. The van der Waals surface area contributed by atoms with Crippen LogP contribution in [0.1, 0.15) is 90.0 Å². The molecule has 12 atom stereocenters. The fourth-order valence-electron chi connectivity index (χ4n) is 13.5. The standard InChI is InChI=1S/C38H52N2O3/c1-24-18-32-34(40(22-24)17-16-39-33(42)11-8-25-6-4-3-5-7-25)31-21-37-23-36(37)20-30-28(29(36)13-15-38(31,37)43-32)10-9-26-19-27(41)12-14-35(26,30)2/h3-7,9,24,27-32,34,41H,8,10-23H2,1-2H3,(H,39,42)/t24-,27-,28-,29-,30-,31+,32+,34-,35-,36?,37?,38+/m0/s1. The third kappa shape index (κ3) is 3.65. The van der Waals surface area contributed by atoms with Gasteiger partial charge >= 0.3 is 0 Å². The van der Waals surface area contributed by atoms with Crippen LogP contribution >= 0.6 is 0 Å². The minimum atomic E-state index is -0.121. The Bertz CT molecular complexity index is 1330. The number of hydrogen-bond acceptors (Lipinski definition) is 4. The number of carbonyl (C=O) groups excluding carboxylic acids is 1. The molecule has 2 aliphatic heterocycles. The van der Waals surface area contributed by atoms with Crippen LogP contribution in [0.5, 0.6) is 0 Å². The molecule has 232 valence electrons. The van der Waals surface area contributed by atoms with E-state index >= 15 is 0 Å². The molecule has 0 aromatic heterocycles. The maximum atomic E-state index is 12.7. The molecule has 8 aliphatic rings. The van der Waals surface area contributed by atoms with Gasteiger partial charge in [0.05, 0.1) is 17.8 Å². The van der Waals surface area contributed by atoms with E-state index in [0.717, 1.165) is 56.7 Å². The molecule has 43 heavy (non-hydrogen) atoms. The van der Waals surface area contributed by atoms with Crippen LogP contribution in [0.25, 0.3) is 0 Å². The van der Waals surface area contributed by atoms with Gasteiger partial charge in [0.2, 0.25) is 5.91 Å². The topological polar surface area (TPSA) is 61.8 Å². The largest absolute Gasteiger partial charge is 0.393 e. The van der Waals surface area contributed by atoms with Gasteiger partial charge in [0.25, 0.3) is 0 Å². The lowest BCUT2D eigenvalue weighted by molar-refractivity contribution is -0.211. The van der Waals surface area contributed by atoms with Gasteiger partial charge in [-0.15, -0.1) is 0 Å². The Labute approximate surface area is 258 Å². The number of allylic oxidation sites excluding steroid dienone is 1. The summed E-state index contributed by atoms with van der Waals surface area (Å²) in [7, 11) is 0. The molecular weight excluding hydrogens is 532 g/mol. The van der Waals surface area contributed by atoms with E-state index in [4.69, 9.17) is 4.74 Å². The lowest BCUT2D eigenvalue weighted by atomic mass is 9.47. The first kappa shape index (κ1) is 27.6. The summed E-state index contributed by atoms with van der Waals surface area (Å²) in [6.45, 7) is 7.81. The van der Waals surface area contributed by atoms with Crippen molar-refractivity contribution in [1.29, 1.82) is 0 Å². The van der Waals surface area contributed by atoms with Crippen molar-refractivity contribution in [1.82, 2.24) is 10.2 Å². The number of likely N-dealkylation sites (tertiary alicyclic amines) is 1. The van der Waals surface area contributed by atoms with E-state index in [2.05, 4.69) is 42.3 Å². The minimum absolute atomic E-state index is 0.119. The van der Waals surface area contributed by atoms with Crippen LogP contribution in [-0.2, 0) is 16.0 Å². The predicted octanol–water partition coefficient (Wildman–Crippen LogP) is 5.91. The molecule has 1 amide bonds. The number of aryl methyl sites for hydroxylation is 1. The highest BCUT2D eigenvalue weighted by Crippen LogP contribution is 2.93. The highest BCUT2D eigenvalue weighted by atomic mass is 16.5. The van der Waals surface area contributed by atoms with Gasteiger partial charge in [0.15, 0.2) is 0 Å². The van der Waals surface area contributed by atoms with Gasteiger partial charge in [0, 0.05) is 43.4 Å². The first-order valence-corrected chi connectivity index (χ1v) is 17.9. The molecule has 0 bridgehead atoms. The summed E-state index contributed by atoms with van der Waals surface area (Å²) in [4.78, 5) is 15.4. The number of rotatable bonds is 6. The van der Waals surface area contributed by atoms with Gasteiger partial charge in [0.1, 0.15) is 0 Å². The van der Waals surface area contributed by atoms with Crippen molar-refractivity contribution < 1.29 is 14.6 Å². The summed E-state index contributed by atoms with van der Waals surface area (Å²) in [5.41, 5.74) is 4.22. The molecule has 6 aliphatic carbocycles. The molecule has 2 heterocycles. The summed E-state index contributed by atoms with van der Waals surface area (Å²) in [5, 5.41) is 13.7. The van der Waals surface area contributed by atoms with Crippen molar-refractivity contribution in [2.75, 3.05) is 19.6 Å². The highest BCUT2D eigenvalue weighted by molar-refractivity contribution is 5.76. The number of aliphatic hydroxyl groups excluding tert-OH is 1. The zero-order chi connectivity index (χ0) is 29.2. The van der Waals surface area contributed by atoms with Crippen LogP contribution in [0, 0.1) is 45.8 Å². The Morgan fingerprint density at radius 3 is 2.84 bits per heavy atom. The number of hydrogen-bond donors (Lipinski definition) is 2. The molecule has 1 aromatic rings. The number of aliphatic hydroxyl groups is 1. The number of benzene rings is 1. The first-order valence-electron chi connectivity index (χ1n) is 17.9. The molecule has 0 radical (unpaired) electrons. The SMILES string of the molecule is C[C@H]1C[C@H]2O[C@@]34CC[C@H]5[C@@H]6CC=C7C[C@@H](O)CC[C@]7(C)[C@H]6CC56CC63C[C@@H]4[C@@H]2N(CCNC(=O)CCc2ccccc2)C1. The van der Waals surface area contributed by atoms with Crippen LogP contribution < -0.4 is 5.32 Å². The number of carbonyl (C=O) groups is 1. The van der Waals surface area contributed by atoms with Crippen molar-refractivity contribution in [2.45, 2.75) is 115 Å². The molecule has 9 rings (SSSR count). The van der Waals surface area contributed by atoms with Crippen molar-refractivity contribution in [3.8, 4) is 0 Å². The molecule has 2 saturated heterocycles. The molecular formula is C38H52N2O3. The summed E-state index contributed by atoms with van der Waals surface area (Å²) in [5.74, 6) is 4.04. The van der Waals surface area contributed by atoms with Crippen LogP contribution in [0.15, 0.2) is 42.0 Å². The second-order valence-corrected chi connectivity index (χ2v) is 16.8. The molecule has 7 fully saturated rings. The molecule has 3 spiro atoms. The van der Waals surface area contributed by atoms with E-state index in [9.17, 15) is 9.90 Å². The van der Waals surface area contributed by atoms with E-state index in [1.54, 1.807) is 5.57 Å². The van der Waals surface area contributed by atoms with Crippen molar-refractivity contribution in [2.24, 2.45) is 45.8 Å². The molecule has 1 aromatic carbocycles. The molecule has 2 unspecified atom stereocenters. The van der Waals surface area contributed by atoms with E-state index in [1.165, 1.54) is 56.9 Å². The molecule has 2 N–H and O–H groups in total. The van der Waals surface area contributed by atoms with Gasteiger partial charge in [-0.1, -0.05) is 55.8 Å². The number of nitrogens with zero attached hydrogens (tertiary/aromatic N) is 1. The zero-order valence-corrected chi connectivity index (χ0v) is 26.4. The van der Waals surface area contributed by atoms with E-state index in [-0.39, 0.29) is 17.6 Å². The minimum Gasteiger partial charge on any atom is -0.393 e. The summed E-state index contributed by atoms with van der Waals surface area (Å²) >= 11 is 0. The number of ether oxygens (including phenoxy) is 1. The fraction of sp³-hybridized carbons (Fsp3) is 0.763. The smallest absolute Gasteiger partial charge is 0.220 e. The van der Waals surface area contributed by atoms with Gasteiger partial charge in [-0.2, -0.15) is 0 Å². The maximum absolute atomic E-state index is 12.7. The lowest BCUT2D eigenvalue weighted by Crippen LogP contribution is -2.64. The number of piperidine rings is 1. The third-order valence-corrected chi connectivity index (χ3v) is 15.2. The van der Waals surface area contributed by atoms with Gasteiger partial charge in [-0.25, -0.2) is 0 Å². The van der Waals surface area contributed by atoms with Crippen LogP contribution in [0.2, 0.25) is 0 Å².